The highest BCUT2D eigenvalue weighted by Crippen LogP contribution is 2.30. The van der Waals surface area contributed by atoms with E-state index in [2.05, 4.69) is 15.6 Å². The highest BCUT2D eigenvalue weighted by Gasteiger charge is 2.15. The van der Waals surface area contributed by atoms with Gasteiger partial charge in [-0.15, -0.1) is 5.10 Å². The van der Waals surface area contributed by atoms with Crippen molar-refractivity contribution in [2.24, 2.45) is 0 Å². The van der Waals surface area contributed by atoms with Crippen molar-refractivity contribution in [1.29, 1.82) is 0 Å². The average Bonchev–Trinajstić information content (AvgIpc) is 2.66. The Balaban J connectivity index is 1.59. The standard InChI is InChI=1S/C19H18Cl2N4O2/c1-12(18-14(20)6-4-7-15(18)21)11-22-17(26)9-10-25-19(27)13-5-2-3-8-16(13)23-24-25/h2-8,12H,9-11H2,1H3,(H,22,26). The maximum atomic E-state index is 12.4. The first-order valence-corrected chi connectivity index (χ1v) is 9.26. The second kappa shape index (κ2) is 8.50. The van der Waals surface area contributed by atoms with Crippen molar-refractivity contribution in [3.05, 3.63) is 68.4 Å². The summed E-state index contributed by atoms with van der Waals surface area (Å²) in [4.78, 5) is 24.5. The Kier molecular flexibility index (Phi) is 6.08. The number of hydrogen-bond donors (Lipinski definition) is 1. The minimum absolute atomic E-state index is 0.0432. The van der Waals surface area contributed by atoms with Crippen LogP contribution in [0.2, 0.25) is 10.0 Å². The van der Waals surface area contributed by atoms with Crippen LogP contribution in [0.15, 0.2) is 47.3 Å². The van der Waals surface area contributed by atoms with Crippen LogP contribution in [0.4, 0.5) is 0 Å². The number of aryl methyl sites for hydroxylation is 1. The molecule has 1 aromatic heterocycles. The molecule has 1 unspecified atom stereocenters. The van der Waals surface area contributed by atoms with E-state index in [1.54, 1.807) is 42.5 Å². The zero-order chi connectivity index (χ0) is 19.4. The predicted molar refractivity (Wildman–Crippen MR) is 106 cm³/mol. The van der Waals surface area contributed by atoms with Gasteiger partial charge in [-0.3, -0.25) is 9.59 Å². The molecule has 0 saturated heterocycles. The van der Waals surface area contributed by atoms with Crippen LogP contribution in [-0.2, 0) is 11.3 Å². The largest absolute Gasteiger partial charge is 0.355 e. The van der Waals surface area contributed by atoms with Gasteiger partial charge in [0.05, 0.1) is 11.9 Å². The van der Waals surface area contributed by atoms with E-state index in [1.807, 2.05) is 6.92 Å². The summed E-state index contributed by atoms with van der Waals surface area (Å²) in [6.45, 7) is 2.48. The summed E-state index contributed by atoms with van der Waals surface area (Å²) in [7, 11) is 0. The number of carbonyl (C=O) groups is 1. The minimum Gasteiger partial charge on any atom is -0.355 e. The summed E-state index contributed by atoms with van der Waals surface area (Å²) < 4.78 is 1.20. The summed E-state index contributed by atoms with van der Waals surface area (Å²) in [5.41, 5.74) is 1.08. The molecule has 0 spiro atoms. The molecule has 27 heavy (non-hydrogen) atoms. The summed E-state index contributed by atoms with van der Waals surface area (Å²) in [6.07, 6.45) is 0.121. The molecule has 0 radical (unpaired) electrons. The third-order valence-electron chi connectivity index (χ3n) is 4.28. The minimum atomic E-state index is -0.260. The fourth-order valence-corrected chi connectivity index (χ4v) is 3.59. The lowest BCUT2D eigenvalue weighted by Gasteiger charge is -2.16. The highest BCUT2D eigenvalue weighted by molar-refractivity contribution is 6.36. The molecule has 140 valence electrons. The van der Waals surface area contributed by atoms with Gasteiger partial charge in [-0.1, -0.05) is 53.5 Å². The third kappa shape index (κ3) is 4.46. The Bertz CT molecular complexity index is 1020. The van der Waals surface area contributed by atoms with Gasteiger partial charge < -0.3 is 5.32 Å². The van der Waals surface area contributed by atoms with Gasteiger partial charge in [0.1, 0.15) is 5.52 Å². The zero-order valence-corrected chi connectivity index (χ0v) is 16.2. The summed E-state index contributed by atoms with van der Waals surface area (Å²) >= 11 is 12.4. The lowest BCUT2D eigenvalue weighted by Crippen LogP contribution is -2.31. The van der Waals surface area contributed by atoms with Crippen LogP contribution < -0.4 is 10.9 Å². The Hall–Kier alpha value is -2.44. The zero-order valence-electron chi connectivity index (χ0n) is 14.7. The van der Waals surface area contributed by atoms with Gasteiger partial charge >= 0.3 is 0 Å². The second-order valence-corrected chi connectivity index (χ2v) is 7.04. The van der Waals surface area contributed by atoms with Crippen molar-refractivity contribution in [3.8, 4) is 0 Å². The molecule has 1 atom stereocenters. The number of amides is 1. The molecule has 3 rings (SSSR count). The van der Waals surface area contributed by atoms with Crippen LogP contribution in [0.5, 0.6) is 0 Å². The topological polar surface area (TPSA) is 76.9 Å². The van der Waals surface area contributed by atoms with Crippen molar-refractivity contribution in [2.75, 3.05) is 6.54 Å². The molecular formula is C19H18Cl2N4O2. The Morgan fingerprint density at radius 2 is 1.85 bits per heavy atom. The van der Waals surface area contributed by atoms with Gasteiger partial charge in [0, 0.05) is 28.9 Å². The van der Waals surface area contributed by atoms with Gasteiger partial charge in [0.25, 0.3) is 5.56 Å². The molecule has 1 amide bonds. The lowest BCUT2D eigenvalue weighted by molar-refractivity contribution is -0.121. The number of benzene rings is 2. The molecule has 0 saturated carbocycles. The smallest absolute Gasteiger partial charge is 0.277 e. The van der Waals surface area contributed by atoms with Gasteiger partial charge in [-0.25, -0.2) is 4.68 Å². The van der Waals surface area contributed by atoms with Crippen LogP contribution in [-0.4, -0.2) is 27.4 Å². The van der Waals surface area contributed by atoms with Gasteiger partial charge in [-0.2, -0.15) is 0 Å². The number of rotatable bonds is 6. The third-order valence-corrected chi connectivity index (χ3v) is 4.94. The number of hydrogen-bond acceptors (Lipinski definition) is 4. The second-order valence-electron chi connectivity index (χ2n) is 6.23. The first kappa shape index (κ1) is 19.3. The van der Waals surface area contributed by atoms with E-state index in [0.29, 0.717) is 27.5 Å². The number of nitrogens with one attached hydrogen (secondary N) is 1. The van der Waals surface area contributed by atoms with Crippen molar-refractivity contribution in [1.82, 2.24) is 20.3 Å². The van der Waals surface area contributed by atoms with E-state index < -0.39 is 0 Å². The van der Waals surface area contributed by atoms with E-state index in [0.717, 1.165) is 5.56 Å². The average molecular weight is 405 g/mol. The van der Waals surface area contributed by atoms with Crippen LogP contribution in [0.25, 0.3) is 10.9 Å². The molecule has 1 heterocycles. The number of nitrogens with zero attached hydrogens (tertiary/aromatic N) is 3. The maximum absolute atomic E-state index is 12.4. The molecule has 6 nitrogen and oxygen atoms in total. The van der Waals surface area contributed by atoms with Crippen LogP contribution in [0.1, 0.15) is 24.8 Å². The van der Waals surface area contributed by atoms with Crippen LogP contribution in [0.3, 0.4) is 0 Å². The van der Waals surface area contributed by atoms with E-state index >= 15 is 0 Å². The monoisotopic (exact) mass is 404 g/mol. The Labute approximate surface area is 166 Å². The molecule has 2 aromatic carbocycles. The number of carbonyl (C=O) groups excluding carboxylic acids is 1. The van der Waals surface area contributed by atoms with Crippen molar-refractivity contribution >= 4 is 40.0 Å². The first-order valence-electron chi connectivity index (χ1n) is 8.50. The normalized spacial score (nSPS) is 12.1. The van der Waals surface area contributed by atoms with Crippen molar-refractivity contribution in [3.63, 3.8) is 0 Å². The Morgan fingerprint density at radius 1 is 1.15 bits per heavy atom. The van der Waals surface area contributed by atoms with Crippen LogP contribution >= 0.6 is 23.2 Å². The van der Waals surface area contributed by atoms with Gasteiger partial charge in [0.2, 0.25) is 5.91 Å². The molecule has 0 aliphatic carbocycles. The fourth-order valence-electron chi connectivity index (χ4n) is 2.82. The maximum Gasteiger partial charge on any atom is 0.277 e. The summed E-state index contributed by atoms with van der Waals surface area (Å²) in [5, 5.41) is 12.4. The summed E-state index contributed by atoms with van der Waals surface area (Å²) in [6, 6.07) is 12.3. The van der Waals surface area contributed by atoms with E-state index in [1.165, 1.54) is 4.68 Å². The molecule has 8 heteroatoms. The molecular weight excluding hydrogens is 387 g/mol. The predicted octanol–water partition coefficient (Wildman–Crippen LogP) is 3.41. The first-order chi connectivity index (χ1) is 13.0. The van der Waals surface area contributed by atoms with Crippen molar-refractivity contribution in [2.45, 2.75) is 25.8 Å². The molecule has 3 aromatic rings. The molecule has 0 aliphatic rings. The Morgan fingerprint density at radius 3 is 2.59 bits per heavy atom. The molecule has 0 aliphatic heterocycles. The van der Waals surface area contributed by atoms with E-state index in [9.17, 15) is 9.59 Å². The summed E-state index contributed by atoms with van der Waals surface area (Å²) in [5.74, 6) is -0.231. The van der Waals surface area contributed by atoms with E-state index in [4.69, 9.17) is 23.2 Å². The molecule has 0 fully saturated rings. The SMILES string of the molecule is CC(CNC(=O)CCn1nnc2ccccc2c1=O)c1c(Cl)cccc1Cl. The van der Waals surface area contributed by atoms with Crippen molar-refractivity contribution < 1.29 is 4.79 Å². The number of aromatic nitrogens is 3. The lowest BCUT2D eigenvalue weighted by atomic mass is 10.0. The fraction of sp³-hybridized carbons (Fsp3) is 0.263. The van der Waals surface area contributed by atoms with E-state index in [-0.39, 0.29) is 30.3 Å². The number of halogens is 2. The van der Waals surface area contributed by atoms with Crippen LogP contribution in [0, 0.1) is 0 Å². The van der Waals surface area contributed by atoms with Gasteiger partial charge in [0.15, 0.2) is 0 Å². The number of fused-ring (bicyclic) bond motifs is 1. The highest BCUT2D eigenvalue weighted by atomic mass is 35.5. The quantitative estimate of drug-likeness (QED) is 0.682. The van der Waals surface area contributed by atoms with Gasteiger partial charge in [-0.05, 0) is 29.8 Å². The molecule has 1 N–H and O–H groups in total. The molecule has 0 bridgehead atoms.